The van der Waals surface area contributed by atoms with Crippen molar-refractivity contribution in [3.63, 3.8) is 0 Å². The molecule has 2 heterocycles. The van der Waals surface area contributed by atoms with Crippen LogP contribution in [0.4, 0.5) is 14.5 Å². The molecule has 8 nitrogen and oxygen atoms in total. The van der Waals surface area contributed by atoms with E-state index in [1.165, 1.54) is 12.3 Å². The van der Waals surface area contributed by atoms with Crippen LogP contribution in [-0.4, -0.2) is 53.4 Å². The van der Waals surface area contributed by atoms with Crippen LogP contribution in [-0.2, 0) is 4.74 Å². The quantitative estimate of drug-likeness (QED) is 0.525. The highest BCUT2D eigenvalue weighted by atomic mass is 19.1. The fraction of sp³-hybridized carbons (Fsp3) is 0.522. The van der Waals surface area contributed by atoms with Crippen molar-refractivity contribution in [1.82, 2.24) is 20.8 Å². The van der Waals surface area contributed by atoms with Crippen LogP contribution in [0.2, 0.25) is 0 Å². The standard InChI is InChI=1S/C22H27F2N5O3.CH4/c23-16-2-1-3-17(24)19(16)21(30)28-18-12-25-29-20(18)22(31)27-14-6-4-13(5-7-14)26-15-8-10-32-11-9-15;/h1-3,12-15,26H,4-11H2,(H,25,29)(H,27,31)(H,28,30);1H4. The summed E-state index contributed by atoms with van der Waals surface area (Å²) >= 11 is 0. The zero-order valence-corrected chi connectivity index (χ0v) is 17.6. The lowest BCUT2D eigenvalue weighted by Gasteiger charge is -2.33. The molecule has 2 amide bonds. The molecule has 2 aromatic rings. The predicted octanol–water partition coefficient (Wildman–Crippen LogP) is 3.39. The number of nitrogens with zero attached hydrogens (tertiary/aromatic N) is 1. The van der Waals surface area contributed by atoms with Crippen LogP contribution in [0.5, 0.6) is 0 Å². The minimum atomic E-state index is -0.990. The topological polar surface area (TPSA) is 108 Å². The van der Waals surface area contributed by atoms with Gasteiger partial charge in [0.25, 0.3) is 11.8 Å². The molecular formula is C23H31F2N5O3. The Kier molecular flexibility index (Phi) is 8.51. The Hall–Kier alpha value is -2.85. The largest absolute Gasteiger partial charge is 0.381 e. The Morgan fingerprint density at radius 3 is 2.21 bits per heavy atom. The molecule has 1 saturated carbocycles. The van der Waals surface area contributed by atoms with Gasteiger partial charge in [0, 0.05) is 31.3 Å². The molecule has 0 bridgehead atoms. The van der Waals surface area contributed by atoms with Crippen molar-refractivity contribution in [2.45, 2.75) is 64.1 Å². The lowest BCUT2D eigenvalue weighted by molar-refractivity contribution is 0.0721. The lowest BCUT2D eigenvalue weighted by Crippen LogP contribution is -2.46. The number of rotatable bonds is 6. The van der Waals surface area contributed by atoms with Crippen LogP contribution >= 0.6 is 0 Å². The summed E-state index contributed by atoms with van der Waals surface area (Å²) in [5.41, 5.74) is -0.613. The minimum absolute atomic E-state index is 0. The Balaban J connectivity index is 0.00000306. The van der Waals surface area contributed by atoms with Gasteiger partial charge in [0.2, 0.25) is 0 Å². The number of nitrogens with one attached hydrogen (secondary N) is 4. The van der Waals surface area contributed by atoms with E-state index >= 15 is 0 Å². The summed E-state index contributed by atoms with van der Waals surface area (Å²) in [6, 6.07) is 4.10. The average molecular weight is 464 g/mol. The van der Waals surface area contributed by atoms with Crippen molar-refractivity contribution in [2.75, 3.05) is 18.5 Å². The number of benzene rings is 1. The van der Waals surface area contributed by atoms with E-state index in [2.05, 4.69) is 26.1 Å². The molecule has 1 aromatic heterocycles. The molecule has 0 atom stereocenters. The number of halogens is 2. The third-order valence-corrected chi connectivity index (χ3v) is 6.06. The van der Waals surface area contributed by atoms with Gasteiger partial charge in [-0.25, -0.2) is 8.78 Å². The van der Waals surface area contributed by atoms with E-state index in [9.17, 15) is 18.4 Å². The van der Waals surface area contributed by atoms with Gasteiger partial charge in [0.15, 0.2) is 0 Å². The van der Waals surface area contributed by atoms with Crippen LogP contribution in [0.15, 0.2) is 24.4 Å². The van der Waals surface area contributed by atoms with E-state index in [-0.39, 0.29) is 24.8 Å². The number of H-pyrrole nitrogens is 1. The predicted molar refractivity (Wildman–Crippen MR) is 120 cm³/mol. The minimum Gasteiger partial charge on any atom is -0.381 e. The van der Waals surface area contributed by atoms with Crippen molar-refractivity contribution in [2.24, 2.45) is 0 Å². The molecule has 4 rings (SSSR count). The number of hydrogen-bond donors (Lipinski definition) is 4. The third-order valence-electron chi connectivity index (χ3n) is 6.06. The Labute approximate surface area is 191 Å². The molecule has 2 aliphatic rings. The van der Waals surface area contributed by atoms with Crippen molar-refractivity contribution in [1.29, 1.82) is 0 Å². The number of carbonyl (C=O) groups excluding carboxylic acids is 2. The van der Waals surface area contributed by atoms with Crippen molar-refractivity contribution < 1.29 is 23.1 Å². The van der Waals surface area contributed by atoms with E-state index in [1.54, 1.807) is 0 Å². The lowest BCUT2D eigenvalue weighted by atomic mass is 9.90. The molecule has 33 heavy (non-hydrogen) atoms. The molecule has 4 N–H and O–H groups in total. The van der Waals surface area contributed by atoms with Gasteiger partial charge in [0.1, 0.15) is 22.9 Å². The summed E-state index contributed by atoms with van der Waals surface area (Å²) in [7, 11) is 0. The third kappa shape index (κ3) is 6.14. The number of hydrogen-bond acceptors (Lipinski definition) is 5. The summed E-state index contributed by atoms with van der Waals surface area (Å²) < 4.78 is 33.1. The first-order chi connectivity index (χ1) is 15.5. The highest BCUT2D eigenvalue weighted by Crippen LogP contribution is 2.22. The summed E-state index contributed by atoms with van der Waals surface area (Å²) in [6.45, 7) is 1.60. The number of amides is 2. The fourth-order valence-electron chi connectivity index (χ4n) is 4.31. The number of anilines is 1. The second kappa shape index (κ2) is 11.3. The Bertz CT molecular complexity index is 933. The molecule has 0 spiro atoms. The van der Waals surface area contributed by atoms with Gasteiger partial charge < -0.3 is 20.7 Å². The van der Waals surface area contributed by atoms with Gasteiger partial charge in [-0.05, 0) is 50.7 Å². The Morgan fingerprint density at radius 2 is 1.55 bits per heavy atom. The molecule has 2 fully saturated rings. The fourth-order valence-corrected chi connectivity index (χ4v) is 4.31. The molecular weight excluding hydrogens is 432 g/mol. The van der Waals surface area contributed by atoms with E-state index in [0.29, 0.717) is 12.1 Å². The van der Waals surface area contributed by atoms with Gasteiger partial charge in [-0.15, -0.1) is 0 Å². The first-order valence-electron chi connectivity index (χ1n) is 10.9. The van der Waals surface area contributed by atoms with Crippen LogP contribution < -0.4 is 16.0 Å². The number of ether oxygens (including phenoxy) is 1. The van der Waals surface area contributed by atoms with Crippen LogP contribution in [0.25, 0.3) is 0 Å². The molecule has 10 heteroatoms. The summed E-state index contributed by atoms with van der Waals surface area (Å²) in [5.74, 6) is -3.38. The van der Waals surface area contributed by atoms with Gasteiger partial charge >= 0.3 is 0 Å². The van der Waals surface area contributed by atoms with Gasteiger partial charge in [0.05, 0.1) is 11.9 Å². The summed E-state index contributed by atoms with van der Waals surface area (Å²) in [4.78, 5) is 25.1. The van der Waals surface area contributed by atoms with Gasteiger partial charge in [-0.3, -0.25) is 14.7 Å². The number of aromatic amines is 1. The highest BCUT2D eigenvalue weighted by molar-refractivity contribution is 6.08. The average Bonchev–Trinajstić information content (AvgIpc) is 3.24. The normalized spacial score (nSPS) is 21.2. The smallest absolute Gasteiger partial charge is 0.271 e. The Morgan fingerprint density at radius 1 is 0.939 bits per heavy atom. The first kappa shape index (κ1) is 24.8. The molecule has 0 radical (unpaired) electrons. The number of aromatic nitrogens is 2. The summed E-state index contributed by atoms with van der Waals surface area (Å²) in [5, 5.41) is 15.4. The van der Waals surface area contributed by atoms with Crippen molar-refractivity contribution >= 4 is 17.5 Å². The van der Waals surface area contributed by atoms with Crippen LogP contribution in [0.1, 0.15) is 66.8 Å². The van der Waals surface area contributed by atoms with Gasteiger partial charge in [-0.1, -0.05) is 13.5 Å². The molecule has 1 aliphatic heterocycles. The summed E-state index contributed by atoms with van der Waals surface area (Å²) in [6.07, 6.45) is 6.89. The monoisotopic (exact) mass is 463 g/mol. The zero-order chi connectivity index (χ0) is 22.5. The van der Waals surface area contributed by atoms with Crippen molar-refractivity contribution in [3.8, 4) is 0 Å². The first-order valence-corrected chi connectivity index (χ1v) is 10.9. The highest BCUT2D eigenvalue weighted by Gasteiger charge is 2.27. The van der Waals surface area contributed by atoms with Gasteiger partial charge in [-0.2, -0.15) is 5.10 Å². The number of carbonyl (C=O) groups is 2. The van der Waals surface area contributed by atoms with Crippen LogP contribution in [0.3, 0.4) is 0 Å². The van der Waals surface area contributed by atoms with E-state index in [1.807, 2.05) is 0 Å². The zero-order valence-electron chi connectivity index (χ0n) is 17.6. The molecule has 180 valence electrons. The van der Waals surface area contributed by atoms with E-state index in [0.717, 1.165) is 63.9 Å². The van der Waals surface area contributed by atoms with E-state index in [4.69, 9.17) is 4.74 Å². The molecule has 0 unspecified atom stereocenters. The maximum absolute atomic E-state index is 13.9. The van der Waals surface area contributed by atoms with Crippen LogP contribution in [0, 0.1) is 11.6 Å². The maximum atomic E-state index is 13.9. The second-order valence-corrected chi connectivity index (χ2v) is 8.28. The SMILES string of the molecule is C.O=C(NC1CCC(NC2CCOCC2)CC1)c1[nH]ncc1NC(=O)c1c(F)cccc1F. The molecule has 1 saturated heterocycles. The molecule has 1 aliphatic carbocycles. The second-order valence-electron chi connectivity index (χ2n) is 8.28. The molecule has 1 aromatic carbocycles. The maximum Gasteiger partial charge on any atom is 0.271 e. The van der Waals surface area contributed by atoms with E-state index < -0.39 is 29.0 Å². The van der Waals surface area contributed by atoms with Crippen molar-refractivity contribution in [3.05, 3.63) is 47.3 Å².